The van der Waals surface area contributed by atoms with Crippen molar-refractivity contribution in [2.24, 2.45) is 4.99 Å². The first-order valence-electron chi connectivity index (χ1n) is 12.8. The number of esters is 1. The molecule has 0 radical (unpaired) electrons. The number of benzene rings is 3. The number of halogens is 1. The van der Waals surface area contributed by atoms with Gasteiger partial charge >= 0.3 is 12.1 Å². The third-order valence-corrected chi connectivity index (χ3v) is 8.89. The SMILES string of the molecule is COC(=O)c1ccc(Cl)c(NC(=O)C(C2=Nc3ccccc3S(=O)(=O)N2Cc2ccccc2)N2C(=O)OC(C)(C)C2=O)c1. The van der Waals surface area contributed by atoms with Gasteiger partial charge in [0.25, 0.3) is 21.8 Å². The summed E-state index contributed by atoms with van der Waals surface area (Å²) in [7, 11) is -3.18. The van der Waals surface area contributed by atoms with Gasteiger partial charge in [-0.1, -0.05) is 54.1 Å². The molecular weight excluding hydrogens is 600 g/mol. The fourth-order valence-corrected chi connectivity index (χ4v) is 6.36. The molecule has 0 aliphatic carbocycles. The molecule has 3 amide bonds. The highest BCUT2D eigenvalue weighted by molar-refractivity contribution is 7.90. The number of sulfonamides is 1. The van der Waals surface area contributed by atoms with Crippen LogP contribution in [0.3, 0.4) is 0 Å². The predicted octanol–water partition coefficient (Wildman–Crippen LogP) is 4.13. The first-order valence-corrected chi connectivity index (χ1v) is 14.7. The molecule has 2 heterocycles. The van der Waals surface area contributed by atoms with E-state index < -0.39 is 51.4 Å². The van der Waals surface area contributed by atoms with Crippen molar-refractivity contribution in [2.45, 2.75) is 36.9 Å². The van der Waals surface area contributed by atoms with E-state index in [0.717, 1.165) is 4.31 Å². The standard InChI is InChI=1S/C29H25ClN4O8S/c1-29(2)27(37)34(28(38)42-29)23(25(35)32-21-15-18(26(36)41-3)13-14-19(21)30)24-31-20-11-7-8-12-22(20)43(39,40)33(24)16-17-9-5-4-6-10-17/h4-15,23H,16H2,1-3H3,(H,32,35). The number of cyclic esters (lactones) is 1. The number of hydrogen-bond donors (Lipinski definition) is 1. The Kier molecular flexibility index (Phi) is 7.71. The van der Waals surface area contributed by atoms with E-state index in [2.05, 4.69) is 10.3 Å². The lowest BCUT2D eigenvalue weighted by atomic mass is 10.1. The molecule has 1 unspecified atom stereocenters. The summed E-state index contributed by atoms with van der Waals surface area (Å²) in [6, 6.07) is 16.5. The molecule has 0 spiro atoms. The Morgan fingerprint density at radius 2 is 1.72 bits per heavy atom. The van der Waals surface area contributed by atoms with Crippen molar-refractivity contribution in [3.8, 4) is 0 Å². The molecule has 2 aliphatic rings. The lowest BCUT2D eigenvalue weighted by molar-refractivity contribution is -0.137. The summed E-state index contributed by atoms with van der Waals surface area (Å²) in [4.78, 5) is 57.8. The second-order valence-electron chi connectivity index (χ2n) is 10.1. The highest BCUT2D eigenvalue weighted by Crippen LogP contribution is 2.37. The van der Waals surface area contributed by atoms with Crippen LogP contribution in [-0.4, -0.2) is 66.1 Å². The first kappa shape index (κ1) is 29.7. The fraction of sp³-hybridized carbons (Fsp3) is 0.207. The molecule has 1 N–H and O–H groups in total. The molecule has 43 heavy (non-hydrogen) atoms. The van der Waals surface area contributed by atoms with Crippen LogP contribution in [0.2, 0.25) is 5.02 Å². The third-order valence-electron chi connectivity index (χ3n) is 6.76. The average molecular weight is 625 g/mol. The van der Waals surface area contributed by atoms with Gasteiger partial charge < -0.3 is 14.8 Å². The van der Waals surface area contributed by atoms with Crippen LogP contribution >= 0.6 is 11.6 Å². The van der Waals surface area contributed by atoms with Crippen LogP contribution in [-0.2, 0) is 35.6 Å². The summed E-state index contributed by atoms with van der Waals surface area (Å²) in [5.74, 6) is -3.08. The van der Waals surface area contributed by atoms with E-state index in [1.165, 1.54) is 57.4 Å². The monoisotopic (exact) mass is 624 g/mol. The molecule has 222 valence electrons. The van der Waals surface area contributed by atoms with Crippen molar-refractivity contribution in [2.75, 3.05) is 12.4 Å². The van der Waals surface area contributed by atoms with Crippen LogP contribution in [0.25, 0.3) is 0 Å². The Balaban J connectivity index is 1.69. The van der Waals surface area contributed by atoms with Gasteiger partial charge in [-0.3, -0.25) is 9.59 Å². The third kappa shape index (κ3) is 5.44. The Morgan fingerprint density at radius 1 is 1.05 bits per heavy atom. The molecule has 12 nitrogen and oxygen atoms in total. The summed E-state index contributed by atoms with van der Waals surface area (Å²) >= 11 is 6.31. The largest absolute Gasteiger partial charge is 0.465 e. The van der Waals surface area contributed by atoms with E-state index in [4.69, 9.17) is 21.1 Å². The second kappa shape index (κ2) is 11.2. The Bertz CT molecular complexity index is 1790. The second-order valence-corrected chi connectivity index (χ2v) is 12.3. The van der Waals surface area contributed by atoms with Crippen molar-refractivity contribution in [3.05, 3.63) is 88.9 Å². The number of methoxy groups -OCH3 is 1. The Hall–Kier alpha value is -4.75. The van der Waals surface area contributed by atoms with E-state index in [-0.39, 0.29) is 33.4 Å². The number of amidine groups is 1. The number of fused-ring (bicyclic) bond motifs is 1. The molecule has 1 saturated heterocycles. The maximum atomic E-state index is 14.1. The van der Waals surface area contributed by atoms with Gasteiger partial charge in [0.2, 0.25) is 0 Å². The number of carbonyl (C=O) groups excluding carboxylic acids is 4. The van der Waals surface area contributed by atoms with Gasteiger partial charge in [-0.15, -0.1) is 0 Å². The van der Waals surface area contributed by atoms with Gasteiger partial charge in [-0.05, 0) is 49.7 Å². The molecule has 14 heteroatoms. The maximum Gasteiger partial charge on any atom is 0.418 e. The zero-order chi connectivity index (χ0) is 31.1. The predicted molar refractivity (Wildman–Crippen MR) is 155 cm³/mol. The van der Waals surface area contributed by atoms with E-state index in [1.807, 2.05) is 0 Å². The topological polar surface area (TPSA) is 152 Å². The number of amides is 3. The van der Waals surface area contributed by atoms with Crippen LogP contribution in [0.15, 0.2) is 82.7 Å². The molecule has 0 saturated carbocycles. The van der Waals surface area contributed by atoms with Crippen LogP contribution in [0.4, 0.5) is 16.2 Å². The number of para-hydroxylation sites is 1. The molecule has 1 fully saturated rings. The number of nitrogens with one attached hydrogen (secondary N) is 1. The normalized spacial score (nSPS) is 17.4. The molecule has 1 atom stereocenters. The van der Waals surface area contributed by atoms with E-state index in [1.54, 1.807) is 36.4 Å². The number of hydrogen-bond acceptors (Lipinski definition) is 9. The summed E-state index contributed by atoms with van der Waals surface area (Å²) in [6.45, 7) is 2.41. The average Bonchev–Trinajstić information content (AvgIpc) is 3.18. The maximum absolute atomic E-state index is 14.1. The number of rotatable bonds is 7. The lowest BCUT2D eigenvalue weighted by Crippen LogP contribution is -2.58. The molecule has 5 rings (SSSR count). The number of aliphatic imine (C=N–C) groups is 1. The highest BCUT2D eigenvalue weighted by Gasteiger charge is 2.55. The minimum absolute atomic E-state index is 0.00426. The highest BCUT2D eigenvalue weighted by atomic mass is 35.5. The summed E-state index contributed by atoms with van der Waals surface area (Å²) in [6.07, 6.45) is -1.18. The minimum Gasteiger partial charge on any atom is -0.465 e. The summed E-state index contributed by atoms with van der Waals surface area (Å²) in [5, 5.41) is 2.54. The van der Waals surface area contributed by atoms with E-state index in [9.17, 15) is 27.6 Å². The van der Waals surface area contributed by atoms with Gasteiger partial charge in [0.1, 0.15) is 4.90 Å². The smallest absolute Gasteiger partial charge is 0.418 e. The molecule has 3 aromatic rings. The van der Waals surface area contributed by atoms with Crippen molar-refractivity contribution in [3.63, 3.8) is 0 Å². The number of nitrogens with zero attached hydrogens (tertiary/aromatic N) is 3. The van der Waals surface area contributed by atoms with Gasteiger partial charge in [0, 0.05) is 0 Å². The van der Waals surface area contributed by atoms with Gasteiger partial charge in [-0.2, -0.15) is 0 Å². The van der Waals surface area contributed by atoms with Crippen LogP contribution in [0.1, 0.15) is 29.8 Å². The van der Waals surface area contributed by atoms with Crippen LogP contribution in [0, 0.1) is 0 Å². The van der Waals surface area contributed by atoms with Crippen LogP contribution < -0.4 is 5.32 Å². The van der Waals surface area contributed by atoms with Crippen molar-refractivity contribution in [1.82, 2.24) is 9.21 Å². The Labute approximate surface area is 251 Å². The molecule has 2 aliphatic heterocycles. The number of ether oxygens (including phenoxy) is 2. The van der Waals surface area contributed by atoms with Crippen molar-refractivity contribution >= 4 is 62.7 Å². The molecule has 0 bridgehead atoms. The molecular formula is C29H25ClN4O8S. The van der Waals surface area contributed by atoms with E-state index in [0.29, 0.717) is 10.5 Å². The zero-order valence-corrected chi connectivity index (χ0v) is 24.7. The van der Waals surface area contributed by atoms with Crippen molar-refractivity contribution < 1.29 is 37.1 Å². The van der Waals surface area contributed by atoms with Gasteiger partial charge in [0.15, 0.2) is 17.5 Å². The van der Waals surface area contributed by atoms with E-state index >= 15 is 0 Å². The Morgan fingerprint density at radius 3 is 2.37 bits per heavy atom. The minimum atomic E-state index is -4.36. The van der Waals surface area contributed by atoms with Gasteiger partial charge in [-0.25, -0.2) is 32.2 Å². The fourth-order valence-electron chi connectivity index (χ4n) is 4.63. The molecule has 0 aromatic heterocycles. The summed E-state index contributed by atoms with van der Waals surface area (Å²) in [5.41, 5.74) is -1.12. The zero-order valence-electron chi connectivity index (χ0n) is 23.1. The van der Waals surface area contributed by atoms with Crippen molar-refractivity contribution in [1.29, 1.82) is 0 Å². The number of carbonyl (C=O) groups is 4. The number of imide groups is 1. The summed E-state index contributed by atoms with van der Waals surface area (Å²) < 4.78 is 39.0. The lowest BCUT2D eigenvalue weighted by Gasteiger charge is -2.35. The quantitative estimate of drug-likeness (QED) is 0.385. The first-order chi connectivity index (χ1) is 20.3. The van der Waals surface area contributed by atoms with Crippen LogP contribution in [0.5, 0.6) is 0 Å². The number of anilines is 1. The van der Waals surface area contributed by atoms with Gasteiger partial charge in [0.05, 0.1) is 35.6 Å². The molecule has 3 aromatic carbocycles.